The molecule has 0 saturated heterocycles. The van der Waals surface area contributed by atoms with Gasteiger partial charge in [-0.1, -0.05) is 74.0 Å². The smallest absolute Gasteiger partial charge is 0.343 e. The molecular formula is C28H28O4. The average Bonchev–Trinajstić information content (AvgIpc) is 2.84. The molecular weight excluding hydrogens is 400 g/mol. The molecule has 0 aliphatic rings. The monoisotopic (exact) mass is 428 g/mol. The highest BCUT2D eigenvalue weighted by Gasteiger charge is 2.09. The Morgan fingerprint density at radius 3 is 2.09 bits per heavy atom. The maximum absolute atomic E-state index is 12.4. The van der Waals surface area contributed by atoms with E-state index in [0.717, 1.165) is 43.2 Å². The van der Waals surface area contributed by atoms with E-state index in [0.29, 0.717) is 17.9 Å². The van der Waals surface area contributed by atoms with Crippen LogP contribution >= 0.6 is 0 Å². The van der Waals surface area contributed by atoms with Crippen molar-refractivity contribution in [3.8, 4) is 16.9 Å². The molecule has 0 N–H and O–H groups in total. The normalized spacial score (nSPS) is 10.4. The Bertz CT molecular complexity index is 1010. The fourth-order valence-corrected chi connectivity index (χ4v) is 3.34. The zero-order valence-corrected chi connectivity index (χ0v) is 18.2. The first-order valence-electron chi connectivity index (χ1n) is 10.9. The summed E-state index contributed by atoms with van der Waals surface area (Å²) in [4.78, 5) is 23.4. The summed E-state index contributed by atoms with van der Waals surface area (Å²) >= 11 is 0. The zero-order valence-electron chi connectivity index (χ0n) is 18.2. The van der Waals surface area contributed by atoms with E-state index in [1.165, 1.54) is 11.6 Å². The molecule has 0 fully saturated rings. The van der Waals surface area contributed by atoms with Crippen molar-refractivity contribution < 1.29 is 19.1 Å². The number of hydrogen-bond acceptors (Lipinski definition) is 4. The standard InChI is InChI=1S/C28H28O4/c1-2-27(29)31-21-9-4-3-6-10-22-13-15-25(16-14-22)28(30)32-26-19-17-24(18-20-26)23-11-7-5-8-12-23/h2,5,7-8,11-20H,1,3-4,6,9-10,21H2. The van der Waals surface area contributed by atoms with Gasteiger partial charge in [-0.15, -0.1) is 0 Å². The quantitative estimate of drug-likeness (QED) is 0.153. The van der Waals surface area contributed by atoms with Gasteiger partial charge < -0.3 is 9.47 Å². The number of benzene rings is 3. The van der Waals surface area contributed by atoms with E-state index in [-0.39, 0.29) is 11.9 Å². The second kappa shape index (κ2) is 12.3. The summed E-state index contributed by atoms with van der Waals surface area (Å²) in [6.07, 6.45) is 6.11. The first kappa shape index (κ1) is 23.0. The van der Waals surface area contributed by atoms with Crippen molar-refractivity contribution in [3.05, 3.63) is 103 Å². The Morgan fingerprint density at radius 2 is 1.41 bits per heavy atom. The lowest BCUT2D eigenvalue weighted by molar-refractivity contribution is -0.137. The molecule has 3 aromatic rings. The van der Waals surface area contributed by atoms with Gasteiger partial charge >= 0.3 is 11.9 Å². The van der Waals surface area contributed by atoms with E-state index in [1.807, 2.05) is 78.9 Å². The second-order valence-electron chi connectivity index (χ2n) is 7.51. The molecule has 0 atom stereocenters. The van der Waals surface area contributed by atoms with Crippen LogP contribution in [0.2, 0.25) is 0 Å². The van der Waals surface area contributed by atoms with Crippen molar-refractivity contribution in [2.45, 2.75) is 32.1 Å². The van der Waals surface area contributed by atoms with Crippen LogP contribution in [0.4, 0.5) is 0 Å². The highest BCUT2D eigenvalue weighted by atomic mass is 16.5. The van der Waals surface area contributed by atoms with Gasteiger partial charge in [0, 0.05) is 6.08 Å². The first-order chi connectivity index (χ1) is 15.7. The molecule has 0 heterocycles. The van der Waals surface area contributed by atoms with Crippen LogP contribution in [0.3, 0.4) is 0 Å². The van der Waals surface area contributed by atoms with Crippen LogP contribution in [0.1, 0.15) is 41.6 Å². The summed E-state index contributed by atoms with van der Waals surface area (Å²) in [5, 5.41) is 0. The molecule has 0 aliphatic carbocycles. The molecule has 0 spiro atoms. The van der Waals surface area contributed by atoms with Gasteiger partial charge in [-0.2, -0.15) is 0 Å². The lowest BCUT2D eigenvalue weighted by Crippen LogP contribution is -2.08. The van der Waals surface area contributed by atoms with Gasteiger partial charge in [0.2, 0.25) is 0 Å². The minimum absolute atomic E-state index is 0.363. The Hall–Kier alpha value is -3.66. The molecule has 164 valence electrons. The van der Waals surface area contributed by atoms with Crippen molar-refractivity contribution in [1.29, 1.82) is 0 Å². The van der Waals surface area contributed by atoms with E-state index in [9.17, 15) is 9.59 Å². The number of esters is 2. The maximum Gasteiger partial charge on any atom is 0.343 e. The van der Waals surface area contributed by atoms with Crippen LogP contribution in [0.25, 0.3) is 11.1 Å². The first-order valence-corrected chi connectivity index (χ1v) is 10.9. The van der Waals surface area contributed by atoms with Crippen molar-refractivity contribution in [3.63, 3.8) is 0 Å². The minimum Gasteiger partial charge on any atom is -0.463 e. The van der Waals surface area contributed by atoms with Gasteiger partial charge in [0.25, 0.3) is 0 Å². The summed E-state index contributed by atoms with van der Waals surface area (Å²) in [5.41, 5.74) is 3.92. The molecule has 0 bridgehead atoms. The third-order valence-corrected chi connectivity index (χ3v) is 5.13. The SMILES string of the molecule is C=CC(=O)OCCCCCCc1ccc(C(=O)Oc2ccc(-c3ccccc3)cc2)cc1. The number of ether oxygens (including phenoxy) is 2. The number of hydrogen-bond donors (Lipinski definition) is 0. The molecule has 0 unspecified atom stereocenters. The predicted octanol–water partition coefficient (Wildman–Crippen LogP) is 6.40. The Balaban J connectivity index is 1.41. The average molecular weight is 429 g/mol. The van der Waals surface area contributed by atoms with Crippen LogP contribution in [0.5, 0.6) is 5.75 Å². The summed E-state index contributed by atoms with van der Waals surface area (Å²) < 4.78 is 10.5. The van der Waals surface area contributed by atoms with E-state index >= 15 is 0 Å². The molecule has 32 heavy (non-hydrogen) atoms. The number of carbonyl (C=O) groups is 2. The summed E-state index contributed by atoms with van der Waals surface area (Å²) in [7, 11) is 0. The molecule has 3 rings (SSSR count). The highest BCUT2D eigenvalue weighted by Crippen LogP contribution is 2.22. The fourth-order valence-electron chi connectivity index (χ4n) is 3.34. The van der Waals surface area contributed by atoms with Crippen molar-refractivity contribution >= 4 is 11.9 Å². The van der Waals surface area contributed by atoms with Crippen molar-refractivity contribution in [2.75, 3.05) is 6.61 Å². The molecule has 0 amide bonds. The fraction of sp³-hybridized carbons (Fsp3) is 0.214. The largest absolute Gasteiger partial charge is 0.463 e. The maximum atomic E-state index is 12.4. The van der Waals surface area contributed by atoms with Crippen LogP contribution in [-0.4, -0.2) is 18.5 Å². The van der Waals surface area contributed by atoms with Gasteiger partial charge in [-0.25, -0.2) is 9.59 Å². The number of rotatable bonds is 11. The van der Waals surface area contributed by atoms with E-state index in [4.69, 9.17) is 9.47 Å². The van der Waals surface area contributed by atoms with Crippen LogP contribution in [-0.2, 0) is 16.0 Å². The summed E-state index contributed by atoms with van der Waals surface area (Å²) in [6, 6.07) is 25.2. The summed E-state index contributed by atoms with van der Waals surface area (Å²) in [6.45, 7) is 3.81. The van der Waals surface area contributed by atoms with Gasteiger partial charge in [0.05, 0.1) is 12.2 Å². The number of unbranched alkanes of at least 4 members (excludes halogenated alkanes) is 3. The highest BCUT2D eigenvalue weighted by molar-refractivity contribution is 5.91. The molecule has 4 nitrogen and oxygen atoms in total. The minimum atomic E-state index is -0.368. The van der Waals surface area contributed by atoms with Gasteiger partial charge in [-0.05, 0) is 60.2 Å². The van der Waals surface area contributed by atoms with Crippen LogP contribution in [0.15, 0.2) is 91.5 Å². The Kier molecular flexibility index (Phi) is 8.81. The molecule has 0 aromatic heterocycles. The third-order valence-electron chi connectivity index (χ3n) is 5.13. The van der Waals surface area contributed by atoms with Crippen LogP contribution in [0, 0.1) is 0 Å². The molecule has 0 aliphatic heterocycles. The van der Waals surface area contributed by atoms with Crippen molar-refractivity contribution in [2.24, 2.45) is 0 Å². The van der Waals surface area contributed by atoms with Crippen molar-refractivity contribution in [1.82, 2.24) is 0 Å². The van der Waals surface area contributed by atoms with E-state index < -0.39 is 0 Å². The molecule has 4 heteroatoms. The lowest BCUT2D eigenvalue weighted by atomic mass is 10.0. The van der Waals surface area contributed by atoms with E-state index in [2.05, 4.69) is 6.58 Å². The third kappa shape index (κ3) is 7.24. The van der Waals surface area contributed by atoms with Gasteiger partial charge in [0.1, 0.15) is 5.75 Å². The summed E-state index contributed by atoms with van der Waals surface area (Å²) in [5.74, 6) is -0.205. The number of aryl methyl sites for hydroxylation is 1. The number of carbonyl (C=O) groups excluding carboxylic acids is 2. The lowest BCUT2D eigenvalue weighted by Gasteiger charge is -2.07. The van der Waals surface area contributed by atoms with Gasteiger partial charge in [0.15, 0.2) is 0 Å². The molecule has 3 aromatic carbocycles. The zero-order chi connectivity index (χ0) is 22.6. The van der Waals surface area contributed by atoms with Crippen LogP contribution < -0.4 is 4.74 Å². The second-order valence-corrected chi connectivity index (χ2v) is 7.51. The topological polar surface area (TPSA) is 52.6 Å². The molecule has 0 radical (unpaired) electrons. The predicted molar refractivity (Wildman–Crippen MR) is 127 cm³/mol. The Labute approximate surface area is 189 Å². The Morgan fingerprint density at radius 1 is 0.750 bits per heavy atom. The molecule has 0 saturated carbocycles. The van der Waals surface area contributed by atoms with Gasteiger partial charge in [-0.3, -0.25) is 0 Å². The van der Waals surface area contributed by atoms with E-state index in [1.54, 1.807) is 0 Å².